The Morgan fingerprint density at radius 3 is 1.26 bits per heavy atom. The van der Waals surface area contributed by atoms with Crippen molar-refractivity contribution in [3.8, 4) is 23.0 Å². The molecule has 0 saturated carbocycles. The second-order valence-electron chi connectivity index (χ2n) is 16.0. The highest BCUT2D eigenvalue weighted by Gasteiger charge is 2.43. The molecule has 13 rings (SSSR count). The fourth-order valence-electron chi connectivity index (χ4n) is 9.94. The first-order chi connectivity index (χ1) is 30.8. The summed E-state index contributed by atoms with van der Waals surface area (Å²) in [7, 11) is 0. The maximum absolute atomic E-state index is 7.08. The van der Waals surface area contributed by atoms with E-state index in [1.54, 1.807) is 0 Å². The van der Waals surface area contributed by atoms with Crippen LogP contribution in [0.4, 0.5) is 34.1 Å². The zero-order chi connectivity index (χ0) is 40.7. The van der Waals surface area contributed by atoms with Gasteiger partial charge in [0.15, 0.2) is 0 Å². The second-order valence-corrected chi connectivity index (χ2v) is 16.0. The van der Waals surface area contributed by atoms with Crippen LogP contribution in [0.25, 0.3) is 43.5 Å². The number of nitrogens with zero attached hydrogens (tertiary/aromatic N) is 2. The van der Waals surface area contributed by atoms with Crippen LogP contribution in [0.15, 0.2) is 217 Å². The molecule has 0 amide bonds. The molecule has 0 spiro atoms. The predicted molar refractivity (Wildman–Crippen MR) is 256 cm³/mol. The van der Waals surface area contributed by atoms with Crippen LogP contribution in [-0.2, 0) is 0 Å². The van der Waals surface area contributed by atoms with Crippen molar-refractivity contribution in [3.63, 3.8) is 0 Å². The van der Waals surface area contributed by atoms with Gasteiger partial charge in [-0.25, -0.2) is 0 Å². The Hall–Kier alpha value is -8.22. The zero-order valence-electron chi connectivity index (χ0n) is 33.4. The maximum Gasteiger partial charge on any atom is 0.262 e. The van der Waals surface area contributed by atoms with Gasteiger partial charge in [0, 0.05) is 68.0 Å². The molecule has 3 heterocycles. The molecule has 2 aliphatic rings. The summed E-state index contributed by atoms with van der Waals surface area (Å²) in [5, 5.41) is 6.69. The van der Waals surface area contributed by atoms with Crippen molar-refractivity contribution in [3.05, 3.63) is 212 Å². The van der Waals surface area contributed by atoms with E-state index in [1.807, 2.05) is 18.2 Å². The molecular weight excluding hydrogens is 759 g/mol. The molecule has 5 nitrogen and oxygen atoms in total. The van der Waals surface area contributed by atoms with Gasteiger partial charge in [-0.3, -0.25) is 0 Å². The van der Waals surface area contributed by atoms with E-state index in [0.29, 0.717) is 0 Å². The summed E-state index contributed by atoms with van der Waals surface area (Å²) in [6.07, 6.45) is 0. The zero-order valence-corrected chi connectivity index (χ0v) is 33.4. The van der Waals surface area contributed by atoms with E-state index in [9.17, 15) is 0 Å². The summed E-state index contributed by atoms with van der Waals surface area (Å²) in [6, 6.07) is 74.6. The van der Waals surface area contributed by atoms with Crippen LogP contribution in [0.2, 0.25) is 0 Å². The quantitative estimate of drug-likeness (QED) is 0.157. The number of para-hydroxylation sites is 4. The molecule has 2 aliphatic heterocycles. The minimum Gasteiger partial charge on any atom is -0.458 e. The van der Waals surface area contributed by atoms with Gasteiger partial charge < -0.3 is 23.7 Å². The largest absolute Gasteiger partial charge is 0.458 e. The third-order valence-electron chi connectivity index (χ3n) is 12.5. The van der Waals surface area contributed by atoms with Gasteiger partial charge in [0.25, 0.3) is 6.71 Å². The molecule has 0 N–H and O–H groups in total. The normalized spacial score (nSPS) is 12.4. The maximum atomic E-state index is 7.08. The molecule has 62 heavy (non-hydrogen) atoms. The molecule has 0 radical (unpaired) electrons. The van der Waals surface area contributed by atoms with Crippen molar-refractivity contribution >= 4 is 101 Å². The lowest BCUT2D eigenvalue weighted by Gasteiger charge is -2.36. The predicted octanol–water partition coefficient (Wildman–Crippen LogP) is 13.6. The van der Waals surface area contributed by atoms with Gasteiger partial charge in [0.2, 0.25) is 0 Å². The van der Waals surface area contributed by atoms with Crippen LogP contribution in [0.5, 0.6) is 23.0 Å². The number of hydrogen-bond donors (Lipinski definition) is 0. The molecule has 6 heteroatoms. The average molecular weight is 795 g/mol. The number of rotatable bonds is 6. The summed E-state index contributed by atoms with van der Waals surface area (Å²) in [4.78, 5) is 4.66. The smallest absolute Gasteiger partial charge is 0.262 e. The number of hydrogen-bond acceptors (Lipinski definition) is 5. The number of furan rings is 1. The third-order valence-corrected chi connectivity index (χ3v) is 12.5. The van der Waals surface area contributed by atoms with Crippen molar-refractivity contribution in [2.24, 2.45) is 0 Å². The van der Waals surface area contributed by atoms with Crippen LogP contribution < -0.4 is 35.7 Å². The topological polar surface area (TPSA) is 38.1 Å². The lowest BCUT2D eigenvalue weighted by Crippen LogP contribution is -2.58. The number of ether oxygens (including phenoxy) is 2. The number of anilines is 6. The Morgan fingerprint density at radius 1 is 0.290 bits per heavy atom. The second kappa shape index (κ2) is 13.7. The van der Waals surface area contributed by atoms with Crippen LogP contribution in [0, 0.1) is 0 Å². The van der Waals surface area contributed by atoms with Crippen molar-refractivity contribution in [2.75, 3.05) is 9.80 Å². The van der Waals surface area contributed by atoms with Gasteiger partial charge in [-0.2, -0.15) is 0 Å². The molecule has 0 bridgehead atoms. The molecule has 0 aliphatic carbocycles. The summed E-state index contributed by atoms with van der Waals surface area (Å²) >= 11 is 0. The van der Waals surface area contributed by atoms with E-state index in [2.05, 4.69) is 204 Å². The number of benzene rings is 10. The van der Waals surface area contributed by atoms with E-state index in [1.165, 1.54) is 0 Å². The highest BCUT2D eigenvalue weighted by atomic mass is 16.5. The lowest BCUT2D eigenvalue weighted by atomic mass is 9.33. The molecule has 10 aromatic carbocycles. The summed E-state index contributed by atoms with van der Waals surface area (Å²) in [5.74, 6) is 3.24. The first-order valence-corrected chi connectivity index (χ1v) is 21.0. The average Bonchev–Trinajstić information content (AvgIpc) is 3.71. The van der Waals surface area contributed by atoms with Gasteiger partial charge in [-0.1, -0.05) is 127 Å². The van der Waals surface area contributed by atoms with Gasteiger partial charge >= 0.3 is 0 Å². The number of fused-ring (bicyclic) bond motifs is 11. The first kappa shape index (κ1) is 34.6. The molecule has 0 saturated heterocycles. The van der Waals surface area contributed by atoms with Gasteiger partial charge in [-0.05, 0) is 88.4 Å². The van der Waals surface area contributed by atoms with Crippen LogP contribution in [-0.4, -0.2) is 6.71 Å². The molecule has 0 unspecified atom stereocenters. The monoisotopic (exact) mass is 794 g/mol. The van der Waals surface area contributed by atoms with Crippen molar-refractivity contribution in [1.82, 2.24) is 0 Å². The molecule has 290 valence electrons. The van der Waals surface area contributed by atoms with E-state index < -0.39 is 0 Å². The van der Waals surface area contributed by atoms with Crippen molar-refractivity contribution in [1.29, 1.82) is 0 Å². The Labute approximate surface area is 358 Å². The van der Waals surface area contributed by atoms with Crippen LogP contribution >= 0.6 is 0 Å². The fourth-order valence-corrected chi connectivity index (χ4v) is 9.94. The highest BCUT2D eigenvalue weighted by molar-refractivity contribution is 7.01. The Balaban J connectivity index is 1.06. The minimum absolute atomic E-state index is 0.175. The Bertz CT molecular complexity index is 3510. The first-order valence-electron chi connectivity index (χ1n) is 21.0. The minimum atomic E-state index is -0.175. The SMILES string of the molecule is c1ccc(N(c2ccccc2)c2cc3c(c4ccccc24)B2c4c(cccc4Oc4cc(N(c5ccccc5)c5ccc6c(c5)oc5ccccc56)c5ccccc5c42)O3)cc1. The Kier molecular flexibility index (Phi) is 7.63. The third kappa shape index (κ3) is 5.23. The lowest BCUT2D eigenvalue weighted by molar-refractivity contribution is 0.465. The molecule has 1 aromatic heterocycles. The van der Waals surface area contributed by atoms with Crippen molar-refractivity contribution < 1.29 is 13.9 Å². The van der Waals surface area contributed by atoms with E-state index in [0.717, 1.165) is 117 Å². The van der Waals surface area contributed by atoms with Crippen LogP contribution in [0.1, 0.15) is 0 Å². The van der Waals surface area contributed by atoms with E-state index in [-0.39, 0.29) is 6.71 Å². The molecule has 11 aromatic rings. The fraction of sp³-hybridized carbons (Fsp3) is 0. The standard InChI is InChI=1S/C56H35BN2O3/c1-4-17-36(18-5-1)58(37-19-6-2-7-20-37)46-34-52-54(44-26-12-10-23-40(44)46)57-55-45-27-13-11-24-41(45)47(35-53(55)62-50-30-16-29-49(61-52)56(50)57)59(38-21-8-3-9-22-38)39-31-32-43-42-25-14-15-28-48(42)60-51(43)33-39/h1-35H. The summed E-state index contributed by atoms with van der Waals surface area (Å²) in [6.45, 7) is -0.175. The van der Waals surface area contributed by atoms with Crippen LogP contribution in [0.3, 0.4) is 0 Å². The molecule has 0 atom stereocenters. The Morgan fingerprint density at radius 2 is 0.726 bits per heavy atom. The van der Waals surface area contributed by atoms with Gasteiger partial charge in [-0.15, -0.1) is 0 Å². The summed E-state index contributed by atoms with van der Waals surface area (Å²) in [5.41, 5.74) is 11.2. The van der Waals surface area contributed by atoms with Gasteiger partial charge in [0.1, 0.15) is 34.2 Å². The highest BCUT2D eigenvalue weighted by Crippen LogP contribution is 2.47. The molecular formula is C56H35BN2O3. The van der Waals surface area contributed by atoms with E-state index >= 15 is 0 Å². The molecule has 0 fully saturated rings. The van der Waals surface area contributed by atoms with Gasteiger partial charge in [0.05, 0.1) is 11.4 Å². The van der Waals surface area contributed by atoms with Crippen molar-refractivity contribution in [2.45, 2.75) is 0 Å². The summed E-state index contributed by atoms with van der Waals surface area (Å²) < 4.78 is 20.6. The van der Waals surface area contributed by atoms with E-state index in [4.69, 9.17) is 13.9 Å².